The smallest absolute Gasteiger partial charge is 0.255 e. The lowest BCUT2D eigenvalue weighted by molar-refractivity contribution is -0.136. The zero-order chi connectivity index (χ0) is 19.1. The van der Waals surface area contributed by atoms with Gasteiger partial charge in [0.2, 0.25) is 11.8 Å². The maximum atomic E-state index is 12.9. The summed E-state index contributed by atoms with van der Waals surface area (Å²) in [5.74, 6) is -0.196. The number of nitrogens with one attached hydrogen (secondary N) is 1. The van der Waals surface area contributed by atoms with Crippen LogP contribution < -0.4 is 11.1 Å². The van der Waals surface area contributed by atoms with E-state index in [0.29, 0.717) is 24.4 Å². The number of rotatable bonds is 3. The van der Waals surface area contributed by atoms with Crippen LogP contribution in [-0.2, 0) is 22.7 Å². The van der Waals surface area contributed by atoms with Gasteiger partial charge in [-0.1, -0.05) is 19.1 Å². The summed E-state index contributed by atoms with van der Waals surface area (Å²) >= 11 is 0. The largest absolute Gasteiger partial charge is 0.327 e. The summed E-state index contributed by atoms with van der Waals surface area (Å²) in [7, 11) is 0. The van der Waals surface area contributed by atoms with E-state index < -0.39 is 6.04 Å². The van der Waals surface area contributed by atoms with Crippen molar-refractivity contribution < 1.29 is 14.4 Å². The van der Waals surface area contributed by atoms with Gasteiger partial charge in [0, 0.05) is 44.2 Å². The van der Waals surface area contributed by atoms with Crippen molar-refractivity contribution in [1.29, 1.82) is 0 Å². The molecule has 7 nitrogen and oxygen atoms in total. The molecule has 1 aromatic rings. The van der Waals surface area contributed by atoms with Crippen molar-refractivity contribution in [3.05, 3.63) is 34.9 Å². The normalized spacial score (nSPS) is 29.0. The average molecular weight is 370 g/mol. The molecule has 7 heteroatoms. The molecule has 144 valence electrons. The highest BCUT2D eigenvalue weighted by atomic mass is 16.2. The third-order valence-electron chi connectivity index (χ3n) is 5.84. The molecule has 0 bridgehead atoms. The Kier molecular flexibility index (Phi) is 4.74. The SMILES string of the molecule is C[C@H]1C[C@H](N)CN(Cc2cccc3c2CN(C2CCC(=O)NC2=O)C3=O)C1. The maximum Gasteiger partial charge on any atom is 0.255 e. The van der Waals surface area contributed by atoms with Gasteiger partial charge in [0.1, 0.15) is 6.04 Å². The second kappa shape index (κ2) is 7.05. The molecule has 1 unspecified atom stereocenters. The van der Waals surface area contributed by atoms with Crippen molar-refractivity contribution in [2.75, 3.05) is 13.1 Å². The topological polar surface area (TPSA) is 95.7 Å². The number of hydrogen-bond acceptors (Lipinski definition) is 5. The van der Waals surface area contributed by atoms with Crippen molar-refractivity contribution in [3.63, 3.8) is 0 Å². The molecule has 0 spiro atoms. The van der Waals surface area contributed by atoms with E-state index in [2.05, 4.69) is 23.2 Å². The number of carbonyl (C=O) groups excluding carboxylic acids is 3. The molecule has 3 atom stereocenters. The summed E-state index contributed by atoms with van der Waals surface area (Å²) in [5.41, 5.74) is 8.97. The minimum atomic E-state index is -0.570. The average Bonchev–Trinajstić information content (AvgIpc) is 2.92. The van der Waals surface area contributed by atoms with Crippen molar-refractivity contribution in [3.8, 4) is 0 Å². The number of carbonyl (C=O) groups is 3. The lowest BCUT2D eigenvalue weighted by Crippen LogP contribution is -2.52. The van der Waals surface area contributed by atoms with Crippen LogP contribution in [0.15, 0.2) is 18.2 Å². The lowest BCUT2D eigenvalue weighted by atomic mass is 9.95. The Morgan fingerprint density at radius 1 is 1.22 bits per heavy atom. The molecule has 3 amide bonds. The van der Waals surface area contributed by atoms with E-state index in [0.717, 1.165) is 37.2 Å². The van der Waals surface area contributed by atoms with Gasteiger partial charge in [-0.05, 0) is 36.0 Å². The van der Waals surface area contributed by atoms with Gasteiger partial charge >= 0.3 is 0 Å². The van der Waals surface area contributed by atoms with Crippen molar-refractivity contribution in [2.24, 2.45) is 11.7 Å². The molecule has 2 fully saturated rings. The zero-order valence-corrected chi connectivity index (χ0v) is 15.6. The highest BCUT2D eigenvalue weighted by Crippen LogP contribution is 2.31. The predicted octanol–water partition coefficient (Wildman–Crippen LogP) is 0.617. The molecule has 4 rings (SSSR count). The summed E-state index contributed by atoms with van der Waals surface area (Å²) in [6, 6.07) is 5.42. The van der Waals surface area contributed by atoms with Gasteiger partial charge < -0.3 is 10.6 Å². The minimum Gasteiger partial charge on any atom is -0.327 e. The predicted molar refractivity (Wildman–Crippen MR) is 99.5 cm³/mol. The number of nitrogens with zero attached hydrogens (tertiary/aromatic N) is 2. The number of likely N-dealkylation sites (tertiary alicyclic amines) is 1. The second-order valence-corrected chi connectivity index (χ2v) is 8.14. The summed E-state index contributed by atoms with van der Waals surface area (Å²) < 4.78 is 0. The Morgan fingerprint density at radius 3 is 2.78 bits per heavy atom. The van der Waals surface area contributed by atoms with Gasteiger partial charge in [-0.25, -0.2) is 0 Å². The molecule has 1 aromatic carbocycles. The zero-order valence-electron chi connectivity index (χ0n) is 15.6. The number of amides is 3. The third kappa shape index (κ3) is 3.49. The van der Waals surface area contributed by atoms with Gasteiger partial charge in [-0.15, -0.1) is 0 Å². The number of piperidine rings is 2. The fraction of sp³-hybridized carbons (Fsp3) is 0.550. The van der Waals surface area contributed by atoms with Crippen LogP contribution in [0.4, 0.5) is 0 Å². The van der Waals surface area contributed by atoms with Gasteiger partial charge in [0.05, 0.1) is 0 Å². The highest BCUT2D eigenvalue weighted by Gasteiger charge is 2.39. The molecule has 3 N–H and O–H groups in total. The first-order valence-electron chi connectivity index (χ1n) is 9.65. The van der Waals surface area contributed by atoms with Crippen LogP contribution >= 0.6 is 0 Å². The lowest BCUT2D eigenvalue weighted by Gasteiger charge is -2.35. The number of nitrogens with two attached hydrogens (primary N) is 1. The molecule has 0 aliphatic carbocycles. The Bertz CT molecular complexity index is 783. The first-order chi connectivity index (χ1) is 12.9. The van der Waals surface area contributed by atoms with Crippen LogP contribution in [-0.4, -0.2) is 52.7 Å². The standard InChI is InChI=1S/C20H26N4O3/c1-12-7-14(21)10-23(8-12)9-13-3-2-4-15-16(13)11-24(20(15)27)17-5-6-18(25)22-19(17)26/h2-4,12,14,17H,5-11,21H2,1H3,(H,22,25,26)/t12-,14-,17?/m0/s1. The van der Waals surface area contributed by atoms with Gasteiger partial charge in [0.15, 0.2) is 0 Å². The number of fused-ring (bicyclic) bond motifs is 1. The molecular formula is C20H26N4O3. The van der Waals surface area contributed by atoms with E-state index in [9.17, 15) is 14.4 Å². The van der Waals surface area contributed by atoms with E-state index in [4.69, 9.17) is 5.73 Å². The first-order valence-corrected chi connectivity index (χ1v) is 9.65. The van der Waals surface area contributed by atoms with E-state index in [1.165, 1.54) is 0 Å². The highest BCUT2D eigenvalue weighted by molar-refractivity contribution is 6.05. The van der Waals surface area contributed by atoms with E-state index >= 15 is 0 Å². The molecule has 3 aliphatic heterocycles. The molecule has 2 saturated heterocycles. The maximum absolute atomic E-state index is 12.9. The third-order valence-corrected chi connectivity index (χ3v) is 5.84. The van der Waals surface area contributed by atoms with Gasteiger partial charge in [-0.2, -0.15) is 0 Å². The minimum absolute atomic E-state index is 0.120. The monoisotopic (exact) mass is 370 g/mol. The van der Waals surface area contributed by atoms with Crippen LogP contribution in [0.3, 0.4) is 0 Å². The van der Waals surface area contributed by atoms with Crippen LogP contribution in [0.25, 0.3) is 0 Å². The van der Waals surface area contributed by atoms with Crippen LogP contribution in [0.1, 0.15) is 47.7 Å². The molecule has 0 aromatic heterocycles. The molecule has 27 heavy (non-hydrogen) atoms. The fourth-order valence-corrected chi connectivity index (χ4v) is 4.68. The van der Waals surface area contributed by atoms with Crippen molar-refractivity contribution in [2.45, 2.75) is 51.4 Å². The number of benzene rings is 1. The quantitative estimate of drug-likeness (QED) is 0.761. The fourth-order valence-electron chi connectivity index (χ4n) is 4.68. The first kappa shape index (κ1) is 18.1. The summed E-state index contributed by atoms with van der Waals surface area (Å²) in [6.07, 6.45) is 1.70. The molecule has 3 heterocycles. The molecular weight excluding hydrogens is 344 g/mol. The van der Waals surface area contributed by atoms with E-state index in [1.54, 1.807) is 4.90 Å². The number of imide groups is 1. The summed E-state index contributed by atoms with van der Waals surface area (Å²) in [4.78, 5) is 40.5. The summed E-state index contributed by atoms with van der Waals surface area (Å²) in [5, 5.41) is 2.35. The Balaban J connectivity index is 1.54. The van der Waals surface area contributed by atoms with Crippen LogP contribution in [0.5, 0.6) is 0 Å². The van der Waals surface area contributed by atoms with Gasteiger partial charge in [-0.3, -0.25) is 24.6 Å². The van der Waals surface area contributed by atoms with Crippen LogP contribution in [0, 0.1) is 5.92 Å². The molecule has 0 saturated carbocycles. The van der Waals surface area contributed by atoms with Crippen molar-refractivity contribution in [1.82, 2.24) is 15.1 Å². The van der Waals surface area contributed by atoms with Gasteiger partial charge in [0.25, 0.3) is 5.91 Å². The van der Waals surface area contributed by atoms with E-state index in [-0.39, 0.29) is 30.2 Å². The van der Waals surface area contributed by atoms with E-state index in [1.807, 2.05) is 12.1 Å². The second-order valence-electron chi connectivity index (χ2n) is 8.14. The molecule has 0 radical (unpaired) electrons. The Labute approximate surface area is 158 Å². The van der Waals surface area contributed by atoms with Crippen LogP contribution in [0.2, 0.25) is 0 Å². The Morgan fingerprint density at radius 2 is 2.04 bits per heavy atom. The van der Waals surface area contributed by atoms with Crippen molar-refractivity contribution >= 4 is 17.7 Å². The Hall–Kier alpha value is -2.25. The summed E-state index contributed by atoms with van der Waals surface area (Å²) in [6.45, 7) is 5.26. The number of hydrogen-bond donors (Lipinski definition) is 2. The molecule has 3 aliphatic rings.